The van der Waals surface area contributed by atoms with Crippen molar-refractivity contribution in [1.29, 1.82) is 0 Å². The normalized spacial score (nSPS) is 11.0. The molecule has 4 rings (SSSR count). The summed E-state index contributed by atoms with van der Waals surface area (Å²) in [6, 6.07) is 17.6. The molecular weight excluding hydrogens is 418 g/mol. The second-order valence-corrected chi connectivity index (χ2v) is 8.12. The van der Waals surface area contributed by atoms with Crippen molar-refractivity contribution in [2.24, 2.45) is 0 Å². The average molecular weight is 438 g/mol. The van der Waals surface area contributed by atoms with Crippen LogP contribution in [0.4, 0.5) is 5.69 Å². The fourth-order valence-corrected chi connectivity index (χ4v) is 3.85. The molecule has 2 aromatic heterocycles. The molecule has 4 aromatic rings. The van der Waals surface area contributed by atoms with Crippen LogP contribution in [0.2, 0.25) is 5.02 Å². The number of halogens is 1. The van der Waals surface area contributed by atoms with Gasteiger partial charge in [0.05, 0.1) is 11.4 Å². The number of rotatable bonds is 6. The molecule has 0 spiro atoms. The van der Waals surface area contributed by atoms with Crippen LogP contribution in [0.1, 0.15) is 18.1 Å². The highest BCUT2D eigenvalue weighted by Gasteiger charge is 2.13. The Morgan fingerprint density at radius 2 is 1.90 bits per heavy atom. The Balaban J connectivity index is 1.50. The minimum Gasteiger partial charge on any atom is -0.325 e. The molecule has 1 amide bonds. The number of aromatic nitrogens is 4. The van der Waals surface area contributed by atoms with Crippen molar-refractivity contribution >= 4 is 40.6 Å². The Morgan fingerprint density at radius 3 is 2.67 bits per heavy atom. The van der Waals surface area contributed by atoms with Crippen molar-refractivity contribution in [3.8, 4) is 11.3 Å². The van der Waals surface area contributed by atoms with Crippen molar-refractivity contribution < 1.29 is 4.79 Å². The number of hydrogen-bond donors (Lipinski definition) is 1. The maximum Gasteiger partial charge on any atom is 0.234 e. The minimum absolute atomic E-state index is 0.145. The number of amides is 1. The fourth-order valence-electron chi connectivity index (χ4n) is 2.98. The van der Waals surface area contributed by atoms with Crippen molar-refractivity contribution in [1.82, 2.24) is 19.8 Å². The number of hydrogen-bond acceptors (Lipinski definition) is 5. The van der Waals surface area contributed by atoms with E-state index < -0.39 is 0 Å². The van der Waals surface area contributed by atoms with Crippen LogP contribution in [0.25, 0.3) is 16.9 Å². The predicted molar refractivity (Wildman–Crippen MR) is 121 cm³/mol. The van der Waals surface area contributed by atoms with Crippen LogP contribution in [-0.4, -0.2) is 31.5 Å². The zero-order valence-electron chi connectivity index (χ0n) is 16.6. The molecule has 2 heterocycles. The highest BCUT2D eigenvalue weighted by Crippen LogP contribution is 2.24. The number of aryl methyl sites for hydroxylation is 1. The first kappa shape index (κ1) is 20.4. The Morgan fingerprint density at radius 1 is 1.10 bits per heavy atom. The number of anilines is 1. The number of thioether (sulfide) groups is 1. The topological polar surface area (TPSA) is 72.2 Å². The monoisotopic (exact) mass is 437 g/mol. The standard InChI is InChI=1S/C22H20ClN5OS/c1-3-15-7-9-16(10-8-15)19-11-12-20-25-26-22(28(20)27-19)30-13-21(29)24-18-6-4-5-17(23)14(18)2/h4-12H,3,13H2,1-2H3,(H,24,29). The van der Waals surface area contributed by atoms with Gasteiger partial charge in [-0.25, -0.2) is 0 Å². The smallest absolute Gasteiger partial charge is 0.234 e. The molecule has 30 heavy (non-hydrogen) atoms. The van der Waals surface area contributed by atoms with Crippen molar-refractivity contribution in [2.45, 2.75) is 25.4 Å². The third kappa shape index (κ3) is 4.32. The van der Waals surface area contributed by atoms with Gasteiger partial charge in [-0.05, 0) is 48.7 Å². The summed E-state index contributed by atoms with van der Waals surface area (Å²) in [7, 11) is 0. The molecule has 0 saturated heterocycles. The van der Waals surface area contributed by atoms with Crippen LogP contribution in [0, 0.1) is 6.92 Å². The summed E-state index contributed by atoms with van der Waals surface area (Å²) >= 11 is 7.40. The Labute approximate surface area is 183 Å². The van der Waals surface area contributed by atoms with Gasteiger partial charge in [0, 0.05) is 16.3 Å². The summed E-state index contributed by atoms with van der Waals surface area (Å²) in [5.74, 6) is 0.0394. The number of fused-ring (bicyclic) bond motifs is 1. The molecule has 1 N–H and O–H groups in total. The first-order valence-corrected chi connectivity index (χ1v) is 10.9. The van der Waals surface area contributed by atoms with Crippen LogP contribution < -0.4 is 5.32 Å². The molecule has 6 nitrogen and oxygen atoms in total. The molecule has 0 unspecified atom stereocenters. The SMILES string of the molecule is CCc1ccc(-c2ccc3nnc(SCC(=O)Nc4cccc(Cl)c4C)n3n2)cc1. The lowest BCUT2D eigenvalue weighted by atomic mass is 10.1. The molecule has 0 fully saturated rings. The molecule has 0 aliphatic carbocycles. The fraction of sp³-hybridized carbons (Fsp3) is 0.182. The Hall–Kier alpha value is -2.90. The highest BCUT2D eigenvalue weighted by molar-refractivity contribution is 7.99. The molecule has 0 aliphatic rings. The van der Waals surface area contributed by atoms with E-state index in [1.54, 1.807) is 10.6 Å². The second kappa shape index (κ2) is 8.85. The molecule has 0 radical (unpaired) electrons. The maximum absolute atomic E-state index is 12.4. The Bertz CT molecular complexity index is 1210. The van der Waals surface area contributed by atoms with Gasteiger partial charge in [0.1, 0.15) is 0 Å². The summed E-state index contributed by atoms with van der Waals surface area (Å²) in [6.45, 7) is 4.00. The third-order valence-corrected chi connectivity index (χ3v) is 6.10. The van der Waals surface area contributed by atoms with Crippen LogP contribution in [0.15, 0.2) is 59.8 Å². The van der Waals surface area contributed by atoms with Gasteiger partial charge in [0.2, 0.25) is 11.1 Å². The lowest BCUT2D eigenvalue weighted by Gasteiger charge is -2.09. The second-order valence-electron chi connectivity index (χ2n) is 6.77. The van der Waals surface area contributed by atoms with E-state index in [4.69, 9.17) is 11.6 Å². The van der Waals surface area contributed by atoms with E-state index in [0.717, 1.165) is 23.2 Å². The van der Waals surface area contributed by atoms with Crippen LogP contribution in [0.3, 0.4) is 0 Å². The van der Waals surface area contributed by atoms with Gasteiger partial charge in [0.25, 0.3) is 0 Å². The average Bonchev–Trinajstić information content (AvgIpc) is 3.18. The quantitative estimate of drug-likeness (QED) is 0.427. The molecular formula is C22H20ClN5OS. The van der Waals surface area contributed by atoms with E-state index >= 15 is 0 Å². The van der Waals surface area contributed by atoms with Crippen molar-refractivity contribution in [3.05, 3.63) is 70.7 Å². The molecule has 2 aromatic carbocycles. The zero-order chi connectivity index (χ0) is 21.1. The lowest BCUT2D eigenvalue weighted by Crippen LogP contribution is -2.15. The van der Waals surface area contributed by atoms with Gasteiger partial charge >= 0.3 is 0 Å². The summed E-state index contributed by atoms with van der Waals surface area (Å²) in [5, 5.41) is 17.1. The molecule has 8 heteroatoms. The number of nitrogens with zero attached hydrogens (tertiary/aromatic N) is 4. The molecule has 0 saturated carbocycles. The number of carbonyl (C=O) groups excluding carboxylic acids is 1. The number of nitrogens with one attached hydrogen (secondary N) is 1. The van der Waals surface area contributed by atoms with Crippen LogP contribution in [0.5, 0.6) is 0 Å². The molecule has 0 bridgehead atoms. The van der Waals surface area contributed by atoms with Gasteiger partial charge in [-0.2, -0.15) is 9.61 Å². The van der Waals surface area contributed by atoms with Gasteiger partial charge in [-0.15, -0.1) is 10.2 Å². The predicted octanol–water partition coefficient (Wildman–Crippen LogP) is 5.05. The summed E-state index contributed by atoms with van der Waals surface area (Å²) in [6.07, 6.45) is 0.996. The maximum atomic E-state index is 12.4. The summed E-state index contributed by atoms with van der Waals surface area (Å²) < 4.78 is 1.67. The van der Waals surface area contributed by atoms with Crippen molar-refractivity contribution in [2.75, 3.05) is 11.1 Å². The van der Waals surface area contributed by atoms with E-state index in [1.165, 1.54) is 17.3 Å². The summed E-state index contributed by atoms with van der Waals surface area (Å²) in [5.41, 5.74) is 5.30. The molecule has 0 aliphatic heterocycles. The van der Waals surface area contributed by atoms with Crippen molar-refractivity contribution in [3.63, 3.8) is 0 Å². The van der Waals surface area contributed by atoms with Gasteiger partial charge in [-0.3, -0.25) is 4.79 Å². The minimum atomic E-state index is -0.145. The highest BCUT2D eigenvalue weighted by atomic mass is 35.5. The van der Waals surface area contributed by atoms with E-state index in [1.807, 2.05) is 31.2 Å². The third-order valence-electron chi connectivity index (χ3n) is 4.77. The van der Waals surface area contributed by atoms with Gasteiger partial charge in [0.15, 0.2) is 5.65 Å². The zero-order valence-corrected chi connectivity index (χ0v) is 18.2. The first-order valence-electron chi connectivity index (χ1n) is 9.54. The number of carbonyl (C=O) groups is 1. The van der Waals surface area contributed by atoms with E-state index in [9.17, 15) is 4.79 Å². The first-order chi connectivity index (χ1) is 14.5. The lowest BCUT2D eigenvalue weighted by molar-refractivity contribution is -0.113. The molecule has 152 valence electrons. The van der Waals surface area contributed by atoms with E-state index in [-0.39, 0.29) is 11.7 Å². The molecule has 0 atom stereocenters. The number of benzene rings is 2. The largest absolute Gasteiger partial charge is 0.325 e. The summed E-state index contributed by atoms with van der Waals surface area (Å²) in [4.78, 5) is 12.4. The van der Waals surface area contributed by atoms with Gasteiger partial charge < -0.3 is 5.32 Å². The van der Waals surface area contributed by atoms with Crippen LogP contribution in [-0.2, 0) is 11.2 Å². The van der Waals surface area contributed by atoms with E-state index in [0.29, 0.717) is 21.5 Å². The Kier molecular flexibility index (Phi) is 6.01. The van der Waals surface area contributed by atoms with Gasteiger partial charge in [-0.1, -0.05) is 60.6 Å². The van der Waals surface area contributed by atoms with E-state index in [2.05, 4.69) is 51.8 Å². The van der Waals surface area contributed by atoms with Crippen LogP contribution >= 0.6 is 23.4 Å².